The van der Waals surface area contributed by atoms with E-state index in [0.717, 1.165) is 12.8 Å². The average molecular weight is 194 g/mol. The van der Waals surface area contributed by atoms with Gasteiger partial charge in [-0.1, -0.05) is 25.5 Å². The summed E-state index contributed by atoms with van der Waals surface area (Å²) in [5.41, 5.74) is 1.21. The van der Waals surface area contributed by atoms with Crippen molar-refractivity contribution in [1.29, 1.82) is 0 Å². The standard InChI is InChI=1S/C9H11F.C2H2.CH2O/c1-2-3-8-4-6-9(10)7-5-8;2*1-2/h4-7H,2-3H2,1H3;1-2H;1H2. The molecular weight excluding hydrogens is 179 g/mol. The highest BCUT2D eigenvalue weighted by Crippen LogP contribution is 2.04. The molecule has 0 saturated carbocycles. The van der Waals surface area contributed by atoms with Gasteiger partial charge in [0.15, 0.2) is 0 Å². The molecule has 14 heavy (non-hydrogen) atoms. The molecule has 0 radical (unpaired) electrons. The summed E-state index contributed by atoms with van der Waals surface area (Å²) in [6.45, 7) is 4.11. The molecule has 0 spiro atoms. The zero-order chi connectivity index (χ0) is 11.4. The van der Waals surface area contributed by atoms with E-state index in [4.69, 9.17) is 4.79 Å². The summed E-state index contributed by atoms with van der Waals surface area (Å²) in [6, 6.07) is 6.67. The smallest absolute Gasteiger partial charge is 0.123 e. The van der Waals surface area contributed by atoms with Crippen LogP contribution in [0.1, 0.15) is 18.9 Å². The van der Waals surface area contributed by atoms with Crippen LogP contribution >= 0.6 is 0 Å². The molecule has 1 aromatic carbocycles. The summed E-state index contributed by atoms with van der Waals surface area (Å²) in [7, 11) is 0. The normalized spacial score (nSPS) is 7.43. The van der Waals surface area contributed by atoms with E-state index in [9.17, 15) is 4.39 Å². The van der Waals surface area contributed by atoms with Crippen molar-refractivity contribution < 1.29 is 9.18 Å². The molecule has 0 amide bonds. The maximum atomic E-state index is 12.3. The lowest BCUT2D eigenvalue weighted by Gasteiger charge is -1.95. The Kier molecular flexibility index (Phi) is 12.1. The summed E-state index contributed by atoms with van der Waals surface area (Å²) in [5, 5.41) is 0. The van der Waals surface area contributed by atoms with Crippen molar-refractivity contribution >= 4 is 6.79 Å². The van der Waals surface area contributed by atoms with Gasteiger partial charge in [-0.05, 0) is 24.1 Å². The Morgan fingerprint density at radius 3 is 2.00 bits per heavy atom. The topological polar surface area (TPSA) is 17.1 Å². The van der Waals surface area contributed by atoms with Gasteiger partial charge in [0.2, 0.25) is 0 Å². The monoisotopic (exact) mass is 194 g/mol. The molecule has 0 bridgehead atoms. The van der Waals surface area contributed by atoms with E-state index in [1.807, 2.05) is 18.9 Å². The Morgan fingerprint density at radius 2 is 1.64 bits per heavy atom. The second-order valence-electron chi connectivity index (χ2n) is 2.38. The van der Waals surface area contributed by atoms with Gasteiger partial charge >= 0.3 is 0 Å². The summed E-state index contributed by atoms with van der Waals surface area (Å²) in [6.07, 6.45) is 10.2. The highest BCUT2D eigenvalue weighted by molar-refractivity contribution is 5.15. The Hall–Kier alpha value is -1.62. The number of benzene rings is 1. The van der Waals surface area contributed by atoms with Crippen molar-refractivity contribution in [2.75, 3.05) is 0 Å². The fraction of sp³-hybridized carbons (Fsp3) is 0.250. The van der Waals surface area contributed by atoms with Crippen molar-refractivity contribution in [3.63, 3.8) is 0 Å². The minimum Gasteiger partial charge on any atom is -0.307 e. The maximum Gasteiger partial charge on any atom is 0.123 e. The number of hydrogen-bond acceptors (Lipinski definition) is 1. The van der Waals surface area contributed by atoms with Crippen LogP contribution in [0.25, 0.3) is 0 Å². The molecule has 0 fully saturated rings. The second kappa shape index (κ2) is 11.4. The van der Waals surface area contributed by atoms with Gasteiger partial charge in [-0.15, -0.1) is 12.8 Å². The van der Waals surface area contributed by atoms with Crippen LogP contribution < -0.4 is 0 Å². The molecule has 0 heterocycles. The number of carbonyl (C=O) groups is 1. The second-order valence-corrected chi connectivity index (χ2v) is 2.38. The SMILES string of the molecule is C#C.C=O.CCCc1ccc(F)cc1. The summed E-state index contributed by atoms with van der Waals surface area (Å²) < 4.78 is 12.3. The molecule has 0 atom stereocenters. The van der Waals surface area contributed by atoms with Crippen molar-refractivity contribution in [3.8, 4) is 12.8 Å². The van der Waals surface area contributed by atoms with E-state index in [2.05, 4.69) is 19.8 Å². The first-order valence-corrected chi connectivity index (χ1v) is 4.19. The highest BCUT2D eigenvalue weighted by Gasteiger charge is 1.90. The van der Waals surface area contributed by atoms with Crippen LogP contribution in [0.4, 0.5) is 4.39 Å². The molecular formula is C12H15FO. The fourth-order valence-electron chi connectivity index (χ4n) is 0.940. The maximum absolute atomic E-state index is 12.3. The number of halogens is 1. The summed E-state index contributed by atoms with van der Waals surface area (Å²) in [4.78, 5) is 8.00. The molecule has 0 aliphatic carbocycles. The molecule has 0 N–H and O–H groups in total. The predicted octanol–water partition coefficient (Wildman–Crippen LogP) is 2.84. The Bertz CT molecular complexity index is 238. The van der Waals surface area contributed by atoms with Crippen LogP contribution in [0.2, 0.25) is 0 Å². The Labute approximate surface area is 85.0 Å². The number of carbonyl (C=O) groups excluding carboxylic acids is 1. The lowest BCUT2D eigenvalue weighted by molar-refractivity contribution is -0.0979. The summed E-state index contributed by atoms with van der Waals surface area (Å²) >= 11 is 0. The quantitative estimate of drug-likeness (QED) is 0.661. The molecule has 0 aliphatic heterocycles. The number of hydrogen-bond donors (Lipinski definition) is 0. The molecule has 0 unspecified atom stereocenters. The minimum absolute atomic E-state index is 0.153. The molecule has 1 rings (SSSR count). The molecule has 1 nitrogen and oxygen atoms in total. The molecule has 1 aromatic rings. The lowest BCUT2D eigenvalue weighted by Crippen LogP contribution is -1.81. The van der Waals surface area contributed by atoms with Gasteiger partial charge in [-0.3, -0.25) is 0 Å². The fourth-order valence-corrected chi connectivity index (χ4v) is 0.940. The number of terminal acetylenes is 1. The first-order valence-electron chi connectivity index (χ1n) is 4.19. The van der Waals surface area contributed by atoms with Crippen LogP contribution in [0.5, 0.6) is 0 Å². The average Bonchev–Trinajstić information content (AvgIpc) is 2.28. The minimum atomic E-state index is -0.153. The van der Waals surface area contributed by atoms with Gasteiger partial charge in [0, 0.05) is 0 Å². The third-order valence-corrected chi connectivity index (χ3v) is 1.45. The van der Waals surface area contributed by atoms with Gasteiger partial charge in [-0.25, -0.2) is 4.39 Å². The van der Waals surface area contributed by atoms with Crippen LogP contribution in [0.3, 0.4) is 0 Å². The third kappa shape index (κ3) is 7.05. The van der Waals surface area contributed by atoms with E-state index >= 15 is 0 Å². The van der Waals surface area contributed by atoms with Gasteiger partial charge < -0.3 is 4.79 Å². The van der Waals surface area contributed by atoms with Crippen molar-refractivity contribution in [2.24, 2.45) is 0 Å². The first kappa shape index (κ1) is 14.9. The highest BCUT2D eigenvalue weighted by atomic mass is 19.1. The first-order chi connectivity index (χ1) is 6.83. The van der Waals surface area contributed by atoms with Crippen LogP contribution in [0.15, 0.2) is 24.3 Å². The van der Waals surface area contributed by atoms with E-state index in [1.54, 1.807) is 0 Å². The molecule has 76 valence electrons. The van der Waals surface area contributed by atoms with E-state index in [0.29, 0.717) is 0 Å². The molecule has 2 heteroatoms. The van der Waals surface area contributed by atoms with Crippen LogP contribution in [0, 0.1) is 18.7 Å². The zero-order valence-corrected chi connectivity index (χ0v) is 8.37. The lowest BCUT2D eigenvalue weighted by atomic mass is 10.1. The Balaban J connectivity index is 0. The third-order valence-electron chi connectivity index (χ3n) is 1.45. The van der Waals surface area contributed by atoms with E-state index in [-0.39, 0.29) is 5.82 Å². The Morgan fingerprint density at radius 1 is 1.21 bits per heavy atom. The van der Waals surface area contributed by atoms with Gasteiger partial charge in [-0.2, -0.15) is 0 Å². The summed E-state index contributed by atoms with van der Waals surface area (Å²) in [5.74, 6) is -0.153. The zero-order valence-electron chi connectivity index (χ0n) is 8.37. The number of rotatable bonds is 2. The van der Waals surface area contributed by atoms with Gasteiger partial charge in [0.25, 0.3) is 0 Å². The molecule has 0 aliphatic rings. The van der Waals surface area contributed by atoms with Gasteiger partial charge in [0.05, 0.1) is 0 Å². The molecule has 0 saturated heterocycles. The van der Waals surface area contributed by atoms with Crippen molar-refractivity contribution in [1.82, 2.24) is 0 Å². The van der Waals surface area contributed by atoms with Crippen molar-refractivity contribution in [3.05, 3.63) is 35.6 Å². The largest absolute Gasteiger partial charge is 0.307 e. The van der Waals surface area contributed by atoms with Gasteiger partial charge in [0.1, 0.15) is 12.6 Å². The number of aryl methyl sites for hydroxylation is 1. The van der Waals surface area contributed by atoms with Crippen molar-refractivity contribution in [2.45, 2.75) is 19.8 Å². The molecule has 0 aromatic heterocycles. The predicted molar refractivity (Wildman–Crippen MR) is 57.4 cm³/mol. The van der Waals surface area contributed by atoms with Crippen LogP contribution in [-0.2, 0) is 11.2 Å². The van der Waals surface area contributed by atoms with E-state index < -0.39 is 0 Å². The van der Waals surface area contributed by atoms with Crippen LogP contribution in [-0.4, -0.2) is 6.79 Å². The van der Waals surface area contributed by atoms with E-state index in [1.165, 1.54) is 17.7 Å².